The Labute approximate surface area is 175 Å². The third kappa shape index (κ3) is 3.46. The van der Waals surface area contributed by atoms with E-state index in [2.05, 4.69) is 20.2 Å². The fraction of sp³-hybridized carbons (Fsp3) is 0.0909. The van der Waals surface area contributed by atoms with E-state index in [9.17, 15) is 4.39 Å². The number of rotatable bonds is 5. The molecule has 0 saturated heterocycles. The highest BCUT2D eigenvalue weighted by atomic mass is 32.2. The molecule has 5 rings (SSSR count). The van der Waals surface area contributed by atoms with E-state index in [-0.39, 0.29) is 5.82 Å². The summed E-state index contributed by atoms with van der Waals surface area (Å²) in [5.74, 6) is 0.796. The van der Waals surface area contributed by atoms with Gasteiger partial charge in [0, 0.05) is 5.39 Å². The average Bonchev–Trinajstić information content (AvgIpc) is 3.40. The summed E-state index contributed by atoms with van der Waals surface area (Å²) in [6.45, 7) is 2.39. The van der Waals surface area contributed by atoms with Crippen molar-refractivity contribution >= 4 is 22.7 Å². The topological polar surface area (TPSA) is 69.6 Å². The molecular weight excluding hydrogens is 401 g/mol. The summed E-state index contributed by atoms with van der Waals surface area (Å²) in [5, 5.41) is 10.9. The van der Waals surface area contributed by atoms with Crippen LogP contribution in [0.15, 0.2) is 81.8 Å². The molecule has 0 saturated carbocycles. The molecule has 0 aliphatic rings. The van der Waals surface area contributed by atoms with Crippen LogP contribution in [0.2, 0.25) is 0 Å². The van der Waals surface area contributed by atoms with Crippen molar-refractivity contribution in [2.45, 2.75) is 23.7 Å². The summed E-state index contributed by atoms with van der Waals surface area (Å²) in [6, 6.07) is 16.2. The number of furan rings is 1. The zero-order valence-electron chi connectivity index (χ0n) is 16.0. The maximum absolute atomic E-state index is 14.5. The first-order chi connectivity index (χ1) is 14.7. The number of fused-ring (bicyclic) bond motifs is 1. The molecule has 0 amide bonds. The van der Waals surface area contributed by atoms with Gasteiger partial charge in [0.25, 0.3) is 0 Å². The van der Waals surface area contributed by atoms with Crippen LogP contribution in [0.5, 0.6) is 0 Å². The van der Waals surface area contributed by atoms with Crippen molar-refractivity contribution in [2.24, 2.45) is 0 Å². The lowest BCUT2D eigenvalue weighted by atomic mass is 10.2. The van der Waals surface area contributed by atoms with E-state index >= 15 is 0 Å². The molecule has 3 heterocycles. The Kier molecular flexibility index (Phi) is 4.76. The summed E-state index contributed by atoms with van der Waals surface area (Å²) in [5.41, 5.74) is 2.35. The average molecular weight is 417 g/mol. The van der Waals surface area contributed by atoms with Crippen LogP contribution in [-0.2, 0) is 6.54 Å². The van der Waals surface area contributed by atoms with E-state index in [1.54, 1.807) is 24.5 Å². The lowest BCUT2D eigenvalue weighted by Crippen LogP contribution is -2.04. The minimum absolute atomic E-state index is 0.356. The molecule has 2 aromatic carbocycles. The van der Waals surface area contributed by atoms with Crippen molar-refractivity contribution in [3.63, 3.8) is 0 Å². The molecule has 0 bridgehead atoms. The number of aromatic nitrogens is 5. The Balaban J connectivity index is 1.62. The van der Waals surface area contributed by atoms with E-state index < -0.39 is 0 Å². The minimum Gasteiger partial charge on any atom is -0.467 e. The Bertz CT molecular complexity index is 1330. The van der Waals surface area contributed by atoms with Crippen LogP contribution in [0.4, 0.5) is 4.39 Å². The zero-order chi connectivity index (χ0) is 20.5. The third-order valence-corrected chi connectivity index (χ3v) is 5.67. The van der Waals surface area contributed by atoms with Crippen LogP contribution in [-0.4, -0.2) is 24.7 Å². The van der Waals surface area contributed by atoms with Crippen LogP contribution in [0.3, 0.4) is 0 Å². The van der Waals surface area contributed by atoms with E-state index in [1.807, 2.05) is 41.8 Å². The zero-order valence-corrected chi connectivity index (χ0v) is 16.8. The fourth-order valence-corrected chi connectivity index (χ4v) is 4.11. The van der Waals surface area contributed by atoms with Gasteiger partial charge in [0.2, 0.25) is 0 Å². The van der Waals surface area contributed by atoms with Gasteiger partial charge >= 0.3 is 0 Å². The first-order valence-corrected chi connectivity index (χ1v) is 10.1. The normalized spacial score (nSPS) is 11.3. The quantitative estimate of drug-likeness (QED) is 0.369. The van der Waals surface area contributed by atoms with E-state index in [0.717, 1.165) is 27.3 Å². The van der Waals surface area contributed by atoms with Gasteiger partial charge in [-0.05, 0) is 55.1 Å². The first-order valence-electron chi connectivity index (χ1n) is 9.29. The second kappa shape index (κ2) is 7.72. The minimum atomic E-state index is -0.356. The van der Waals surface area contributed by atoms with Crippen molar-refractivity contribution in [1.29, 1.82) is 0 Å². The number of aryl methyl sites for hydroxylation is 1. The van der Waals surface area contributed by atoms with Gasteiger partial charge in [-0.2, -0.15) is 0 Å². The second-order valence-corrected chi connectivity index (χ2v) is 7.71. The largest absolute Gasteiger partial charge is 0.467 e. The Morgan fingerprint density at radius 2 is 1.93 bits per heavy atom. The number of hydrogen-bond acceptors (Lipinski definition) is 6. The maximum Gasteiger partial charge on any atom is 0.198 e. The van der Waals surface area contributed by atoms with E-state index in [0.29, 0.717) is 23.1 Å². The Morgan fingerprint density at radius 3 is 2.77 bits per heavy atom. The predicted octanol–water partition coefficient (Wildman–Crippen LogP) is 5.13. The predicted molar refractivity (Wildman–Crippen MR) is 112 cm³/mol. The van der Waals surface area contributed by atoms with Gasteiger partial charge in [-0.15, -0.1) is 10.2 Å². The lowest BCUT2D eigenvalue weighted by Gasteiger charge is -2.10. The molecular formula is C22H16FN5OS. The molecule has 0 atom stereocenters. The molecule has 8 heteroatoms. The van der Waals surface area contributed by atoms with Crippen LogP contribution < -0.4 is 0 Å². The third-order valence-electron chi connectivity index (χ3n) is 4.67. The Morgan fingerprint density at radius 1 is 1.03 bits per heavy atom. The van der Waals surface area contributed by atoms with Crippen LogP contribution in [0.25, 0.3) is 22.3 Å². The maximum atomic E-state index is 14.5. The number of benzene rings is 2. The summed E-state index contributed by atoms with van der Waals surface area (Å²) >= 11 is 1.37. The summed E-state index contributed by atoms with van der Waals surface area (Å²) in [7, 11) is 0. The van der Waals surface area contributed by atoms with E-state index in [1.165, 1.54) is 24.2 Å². The monoisotopic (exact) mass is 417 g/mol. The Hall–Kier alpha value is -3.52. The van der Waals surface area contributed by atoms with Gasteiger partial charge in [0.05, 0.1) is 23.9 Å². The number of hydrogen-bond donors (Lipinski definition) is 0. The van der Waals surface area contributed by atoms with Crippen LogP contribution >= 0.6 is 11.8 Å². The molecule has 0 fully saturated rings. The van der Waals surface area contributed by atoms with E-state index in [4.69, 9.17) is 4.42 Å². The van der Waals surface area contributed by atoms with Crippen molar-refractivity contribution in [1.82, 2.24) is 24.7 Å². The summed E-state index contributed by atoms with van der Waals surface area (Å²) in [4.78, 5) is 8.79. The van der Waals surface area contributed by atoms with Gasteiger partial charge in [-0.3, -0.25) is 4.57 Å². The molecule has 0 unspecified atom stereocenters. The SMILES string of the molecule is Cc1ccc2ncnc(Sc3nnc(-c4ccccc4F)n3Cc3ccco3)c2c1. The van der Waals surface area contributed by atoms with Crippen molar-refractivity contribution in [2.75, 3.05) is 0 Å². The number of halogens is 1. The van der Waals surface area contributed by atoms with Gasteiger partial charge in [-0.25, -0.2) is 14.4 Å². The first kappa shape index (κ1) is 18.5. The molecule has 30 heavy (non-hydrogen) atoms. The molecule has 148 valence electrons. The lowest BCUT2D eigenvalue weighted by molar-refractivity contribution is 0.485. The van der Waals surface area contributed by atoms with Gasteiger partial charge in [-0.1, -0.05) is 23.8 Å². The number of nitrogens with zero attached hydrogens (tertiary/aromatic N) is 5. The molecule has 0 spiro atoms. The smallest absolute Gasteiger partial charge is 0.198 e. The molecule has 0 N–H and O–H groups in total. The summed E-state index contributed by atoms with van der Waals surface area (Å²) in [6.07, 6.45) is 3.14. The molecule has 3 aromatic heterocycles. The van der Waals surface area contributed by atoms with Gasteiger partial charge in [0.1, 0.15) is 22.9 Å². The van der Waals surface area contributed by atoms with Crippen molar-refractivity contribution in [3.05, 3.63) is 84.3 Å². The standard InChI is InChI=1S/C22H16FN5OS/c1-14-8-9-19-17(11-14)21(25-13-24-19)30-22-27-26-20(16-6-2-3-7-18(16)23)28(22)12-15-5-4-10-29-15/h2-11,13H,12H2,1H3. The molecule has 0 aliphatic heterocycles. The highest BCUT2D eigenvalue weighted by Gasteiger charge is 2.20. The highest BCUT2D eigenvalue weighted by Crippen LogP contribution is 2.33. The van der Waals surface area contributed by atoms with Crippen LogP contribution in [0, 0.1) is 12.7 Å². The van der Waals surface area contributed by atoms with Crippen molar-refractivity contribution < 1.29 is 8.81 Å². The fourth-order valence-electron chi connectivity index (χ4n) is 3.22. The van der Waals surface area contributed by atoms with Gasteiger partial charge < -0.3 is 4.42 Å². The highest BCUT2D eigenvalue weighted by molar-refractivity contribution is 7.99. The molecule has 5 aromatic rings. The van der Waals surface area contributed by atoms with Crippen molar-refractivity contribution in [3.8, 4) is 11.4 Å². The van der Waals surface area contributed by atoms with Crippen LogP contribution in [0.1, 0.15) is 11.3 Å². The molecule has 0 radical (unpaired) electrons. The summed E-state index contributed by atoms with van der Waals surface area (Å²) < 4.78 is 21.8. The van der Waals surface area contributed by atoms with Gasteiger partial charge in [0.15, 0.2) is 11.0 Å². The molecule has 6 nitrogen and oxygen atoms in total. The molecule has 0 aliphatic carbocycles. The second-order valence-electron chi connectivity index (χ2n) is 6.75.